The Bertz CT molecular complexity index is 912. The lowest BCUT2D eigenvalue weighted by Crippen LogP contribution is -2.47. The standard InChI is InChI=1S/C18H20N6O/c1-13-11-16(18(25)23-9-7-22(2)8-10-23)20-17-12-15(21-24(13)17)14-5-3-4-6-19-14/h3-6,11-12H,7-10H2,1-2H3. The third-order valence-corrected chi connectivity index (χ3v) is 4.54. The lowest BCUT2D eigenvalue weighted by molar-refractivity contribution is 0.0658. The Labute approximate surface area is 145 Å². The van der Waals surface area contributed by atoms with Crippen molar-refractivity contribution in [2.24, 2.45) is 0 Å². The summed E-state index contributed by atoms with van der Waals surface area (Å²) in [6.45, 7) is 5.19. The molecule has 0 bridgehead atoms. The third-order valence-electron chi connectivity index (χ3n) is 4.54. The van der Waals surface area contributed by atoms with Crippen LogP contribution in [-0.4, -0.2) is 68.5 Å². The monoisotopic (exact) mass is 336 g/mol. The number of carbonyl (C=O) groups is 1. The van der Waals surface area contributed by atoms with Gasteiger partial charge < -0.3 is 9.80 Å². The lowest BCUT2D eigenvalue weighted by Gasteiger charge is -2.32. The van der Waals surface area contributed by atoms with Crippen LogP contribution in [0.4, 0.5) is 0 Å². The number of nitrogens with zero attached hydrogens (tertiary/aromatic N) is 6. The first-order chi connectivity index (χ1) is 12.1. The molecule has 4 heterocycles. The van der Waals surface area contributed by atoms with Crippen molar-refractivity contribution < 1.29 is 4.79 Å². The number of rotatable bonds is 2. The van der Waals surface area contributed by atoms with E-state index < -0.39 is 0 Å². The number of likely N-dealkylation sites (N-methyl/N-ethyl adjacent to an activating group) is 1. The van der Waals surface area contributed by atoms with Gasteiger partial charge in [-0.1, -0.05) is 6.07 Å². The SMILES string of the molecule is Cc1cc(C(=O)N2CCN(C)CC2)nc2cc(-c3ccccn3)nn12. The quantitative estimate of drug-likeness (QED) is 0.709. The maximum atomic E-state index is 12.8. The van der Waals surface area contributed by atoms with Gasteiger partial charge in [0.1, 0.15) is 11.4 Å². The fourth-order valence-electron chi connectivity index (χ4n) is 3.05. The normalized spacial score (nSPS) is 15.7. The first-order valence-corrected chi connectivity index (χ1v) is 8.38. The van der Waals surface area contributed by atoms with E-state index in [1.807, 2.05) is 42.2 Å². The van der Waals surface area contributed by atoms with Crippen molar-refractivity contribution in [2.45, 2.75) is 6.92 Å². The highest BCUT2D eigenvalue weighted by Gasteiger charge is 2.22. The summed E-state index contributed by atoms with van der Waals surface area (Å²) < 4.78 is 1.75. The van der Waals surface area contributed by atoms with Gasteiger partial charge in [-0.2, -0.15) is 5.10 Å². The number of fused-ring (bicyclic) bond motifs is 1. The molecule has 4 rings (SSSR count). The number of amides is 1. The molecule has 0 unspecified atom stereocenters. The largest absolute Gasteiger partial charge is 0.335 e. The van der Waals surface area contributed by atoms with Crippen LogP contribution in [0.2, 0.25) is 0 Å². The first-order valence-electron chi connectivity index (χ1n) is 8.38. The third kappa shape index (κ3) is 2.98. The molecule has 128 valence electrons. The molecular formula is C18H20N6O. The highest BCUT2D eigenvalue weighted by atomic mass is 16.2. The molecule has 25 heavy (non-hydrogen) atoms. The molecule has 7 heteroatoms. The van der Waals surface area contributed by atoms with E-state index in [1.165, 1.54) is 0 Å². The summed E-state index contributed by atoms with van der Waals surface area (Å²) in [5.74, 6) is -0.0145. The minimum Gasteiger partial charge on any atom is -0.335 e. The maximum absolute atomic E-state index is 12.8. The van der Waals surface area contributed by atoms with Crippen molar-refractivity contribution >= 4 is 11.6 Å². The molecule has 0 aliphatic carbocycles. The molecule has 0 aromatic carbocycles. The van der Waals surface area contributed by atoms with Crippen molar-refractivity contribution in [1.29, 1.82) is 0 Å². The molecule has 0 radical (unpaired) electrons. The molecule has 1 amide bonds. The second kappa shape index (κ2) is 6.25. The molecule has 0 spiro atoms. The molecule has 7 nitrogen and oxygen atoms in total. The fraction of sp³-hybridized carbons (Fsp3) is 0.333. The Morgan fingerprint density at radius 3 is 2.60 bits per heavy atom. The minimum absolute atomic E-state index is 0.0145. The number of hydrogen-bond donors (Lipinski definition) is 0. The van der Waals surface area contributed by atoms with Crippen LogP contribution in [0.25, 0.3) is 17.0 Å². The molecule has 3 aromatic rings. The van der Waals surface area contributed by atoms with Crippen LogP contribution in [0, 0.1) is 6.92 Å². The zero-order valence-corrected chi connectivity index (χ0v) is 14.4. The van der Waals surface area contributed by atoms with E-state index in [2.05, 4.69) is 27.0 Å². The van der Waals surface area contributed by atoms with E-state index in [9.17, 15) is 4.79 Å². The smallest absolute Gasteiger partial charge is 0.272 e. The van der Waals surface area contributed by atoms with Crippen molar-refractivity contribution in [1.82, 2.24) is 29.4 Å². The van der Waals surface area contributed by atoms with E-state index in [-0.39, 0.29) is 5.91 Å². The molecule has 3 aromatic heterocycles. The Hall–Kier alpha value is -2.80. The van der Waals surface area contributed by atoms with Gasteiger partial charge in [-0.15, -0.1) is 0 Å². The van der Waals surface area contributed by atoms with E-state index in [0.29, 0.717) is 11.3 Å². The van der Waals surface area contributed by atoms with Crippen LogP contribution in [0.1, 0.15) is 16.2 Å². The molecule has 0 N–H and O–H groups in total. The van der Waals surface area contributed by atoms with Crippen LogP contribution < -0.4 is 0 Å². The van der Waals surface area contributed by atoms with Gasteiger partial charge in [-0.25, -0.2) is 9.50 Å². The van der Waals surface area contributed by atoms with Crippen LogP contribution in [0.5, 0.6) is 0 Å². The zero-order chi connectivity index (χ0) is 17.4. The summed E-state index contributed by atoms with van der Waals surface area (Å²) in [5.41, 5.74) is 3.56. The average molecular weight is 336 g/mol. The van der Waals surface area contributed by atoms with Gasteiger partial charge in [0, 0.05) is 44.1 Å². The van der Waals surface area contributed by atoms with Crippen molar-refractivity contribution in [3.8, 4) is 11.4 Å². The molecule has 0 atom stereocenters. The zero-order valence-electron chi connectivity index (χ0n) is 14.4. The predicted molar refractivity (Wildman–Crippen MR) is 94.4 cm³/mol. The number of hydrogen-bond acceptors (Lipinski definition) is 5. The Morgan fingerprint density at radius 2 is 1.88 bits per heavy atom. The van der Waals surface area contributed by atoms with Gasteiger partial charge in [0.15, 0.2) is 5.65 Å². The number of pyridine rings is 1. The molecule has 1 saturated heterocycles. The van der Waals surface area contributed by atoms with E-state index in [0.717, 1.165) is 43.3 Å². The summed E-state index contributed by atoms with van der Waals surface area (Å²) in [5, 5.41) is 4.57. The Balaban J connectivity index is 1.68. The van der Waals surface area contributed by atoms with Crippen LogP contribution in [0.3, 0.4) is 0 Å². The number of aromatic nitrogens is 4. The maximum Gasteiger partial charge on any atom is 0.272 e. The highest BCUT2D eigenvalue weighted by Crippen LogP contribution is 2.18. The fourth-order valence-corrected chi connectivity index (χ4v) is 3.05. The lowest BCUT2D eigenvalue weighted by atomic mass is 10.2. The summed E-state index contributed by atoms with van der Waals surface area (Å²) in [6.07, 6.45) is 1.74. The van der Waals surface area contributed by atoms with Crippen LogP contribution in [0.15, 0.2) is 36.5 Å². The van der Waals surface area contributed by atoms with Gasteiger partial charge in [0.25, 0.3) is 5.91 Å². The summed E-state index contributed by atoms with van der Waals surface area (Å²) >= 11 is 0. The summed E-state index contributed by atoms with van der Waals surface area (Å²) in [4.78, 5) is 25.7. The molecule has 1 fully saturated rings. The summed E-state index contributed by atoms with van der Waals surface area (Å²) in [7, 11) is 2.07. The van der Waals surface area contributed by atoms with Gasteiger partial charge >= 0.3 is 0 Å². The molecule has 1 aliphatic rings. The van der Waals surface area contributed by atoms with Crippen LogP contribution >= 0.6 is 0 Å². The highest BCUT2D eigenvalue weighted by molar-refractivity contribution is 5.93. The average Bonchev–Trinajstić information content (AvgIpc) is 3.07. The number of aryl methyl sites for hydroxylation is 1. The topological polar surface area (TPSA) is 66.6 Å². The van der Waals surface area contributed by atoms with Gasteiger partial charge in [0.2, 0.25) is 0 Å². The predicted octanol–water partition coefficient (Wildman–Crippen LogP) is 1.49. The second-order valence-corrected chi connectivity index (χ2v) is 6.39. The molecule has 0 saturated carbocycles. The van der Waals surface area contributed by atoms with E-state index >= 15 is 0 Å². The molecular weight excluding hydrogens is 316 g/mol. The minimum atomic E-state index is -0.0145. The van der Waals surface area contributed by atoms with Crippen molar-refractivity contribution in [2.75, 3.05) is 33.2 Å². The van der Waals surface area contributed by atoms with Gasteiger partial charge in [-0.3, -0.25) is 9.78 Å². The van der Waals surface area contributed by atoms with E-state index in [1.54, 1.807) is 10.7 Å². The first kappa shape index (κ1) is 15.7. The Morgan fingerprint density at radius 1 is 1.08 bits per heavy atom. The molecule has 1 aliphatic heterocycles. The Kier molecular flexibility index (Phi) is 3.93. The van der Waals surface area contributed by atoms with Crippen LogP contribution in [-0.2, 0) is 0 Å². The van der Waals surface area contributed by atoms with Crippen molar-refractivity contribution in [3.63, 3.8) is 0 Å². The number of piperazine rings is 1. The number of carbonyl (C=O) groups excluding carboxylic acids is 1. The van der Waals surface area contributed by atoms with E-state index in [4.69, 9.17) is 0 Å². The summed E-state index contributed by atoms with van der Waals surface area (Å²) in [6, 6.07) is 9.39. The van der Waals surface area contributed by atoms with Gasteiger partial charge in [-0.05, 0) is 32.2 Å². The van der Waals surface area contributed by atoms with Crippen molar-refractivity contribution in [3.05, 3.63) is 47.9 Å². The second-order valence-electron chi connectivity index (χ2n) is 6.39. The van der Waals surface area contributed by atoms with Gasteiger partial charge in [0.05, 0.1) is 5.69 Å².